The highest BCUT2D eigenvalue weighted by Crippen LogP contribution is 2.32. The van der Waals surface area contributed by atoms with Crippen molar-refractivity contribution in [1.29, 1.82) is 0 Å². The van der Waals surface area contributed by atoms with Crippen LogP contribution in [0.5, 0.6) is 0 Å². The minimum atomic E-state index is -0.163. The van der Waals surface area contributed by atoms with Crippen molar-refractivity contribution in [2.75, 3.05) is 6.61 Å². The van der Waals surface area contributed by atoms with Crippen LogP contribution in [0.3, 0.4) is 0 Å². The number of thiophene rings is 1. The molecule has 1 heterocycles. The lowest BCUT2D eigenvalue weighted by Gasteiger charge is -2.23. The Morgan fingerprint density at radius 2 is 2.21 bits per heavy atom. The summed E-state index contributed by atoms with van der Waals surface area (Å²) in [6.45, 7) is 2.58. The van der Waals surface area contributed by atoms with Crippen molar-refractivity contribution >= 4 is 23.3 Å². The molecule has 0 unspecified atom stereocenters. The molecule has 0 spiro atoms. The lowest BCUT2D eigenvalue weighted by Crippen LogP contribution is -2.33. The molecule has 0 saturated carbocycles. The van der Waals surface area contributed by atoms with Crippen LogP contribution in [-0.4, -0.2) is 18.5 Å². The third-order valence-electron chi connectivity index (χ3n) is 4.02. The zero-order chi connectivity index (χ0) is 16.8. The van der Waals surface area contributed by atoms with E-state index in [4.69, 9.17) is 9.73 Å². The molecule has 0 fully saturated rings. The number of carbonyl (C=O) groups is 1. The van der Waals surface area contributed by atoms with E-state index < -0.39 is 0 Å². The summed E-state index contributed by atoms with van der Waals surface area (Å²) in [5.41, 5.74) is 2.59. The topological polar surface area (TPSA) is 50.7 Å². The highest BCUT2D eigenvalue weighted by molar-refractivity contribution is 7.12. The van der Waals surface area contributed by atoms with E-state index in [1.165, 1.54) is 22.5 Å². The summed E-state index contributed by atoms with van der Waals surface area (Å²) in [5, 5.41) is 4.72. The van der Waals surface area contributed by atoms with Crippen molar-refractivity contribution in [2.45, 2.75) is 38.6 Å². The third-order valence-corrected chi connectivity index (χ3v) is 4.89. The molecule has 3 rings (SSSR count). The van der Waals surface area contributed by atoms with E-state index in [1.54, 1.807) is 6.07 Å². The Kier molecular flexibility index (Phi) is 5.64. The first-order valence-electron chi connectivity index (χ1n) is 8.41. The van der Waals surface area contributed by atoms with Gasteiger partial charge in [-0.25, -0.2) is 4.99 Å². The normalized spacial score (nSPS) is 17.2. The number of benzene rings is 1. The molecule has 1 aliphatic rings. The maximum atomic E-state index is 12.3. The molecule has 1 aromatic carbocycles. The number of aliphatic imine (C=N–C) groups is 1. The van der Waals surface area contributed by atoms with Gasteiger partial charge in [-0.3, -0.25) is 10.1 Å². The first-order valence-corrected chi connectivity index (χ1v) is 9.29. The van der Waals surface area contributed by atoms with Crippen molar-refractivity contribution in [2.24, 2.45) is 4.99 Å². The second-order valence-corrected chi connectivity index (χ2v) is 6.77. The number of amidine groups is 1. The van der Waals surface area contributed by atoms with Gasteiger partial charge in [-0.15, -0.1) is 11.3 Å². The summed E-state index contributed by atoms with van der Waals surface area (Å²) in [5.74, 6) is -0.163. The number of carbonyl (C=O) groups excluding carboxylic acids is 1. The fourth-order valence-electron chi connectivity index (χ4n) is 2.87. The average Bonchev–Trinajstić information content (AvgIpc) is 3.15. The zero-order valence-electron chi connectivity index (χ0n) is 13.8. The minimum Gasteiger partial charge on any atom is -0.465 e. The van der Waals surface area contributed by atoms with Crippen molar-refractivity contribution in [1.82, 2.24) is 5.32 Å². The number of nitrogens with one attached hydrogen (secondary N) is 1. The smallest absolute Gasteiger partial charge is 0.292 e. The fourth-order valence-corrected chi connectivity index (χ4v) is 3.49. The Hall–Kier alpha value is -2.14. The van der Waals surface area contributed by atoms with E-state index in [-0.39, 0.29) is 11.9 Å². The summed E-state index contributed by atoms with van der Waals surface area (Å²) in [7, 11) is 0. The molecule has 2 aromatic rings. The molecule has 24 heavy (non-hydrogen) atoms. The fraction of sp³-hybridized carbons (Fsp3) is 0.368. The van der Waals surface area contributed by atoms with Gasteiger partial charge < -0.3 is 4.74 Å². The molecule has 5 heteroatoms. The van der Waals surface area contributed by atoms with Gasteiger partial charge >= 0.3 is 0 Å². The quantitative estimate of drug-likeness (QED) is 0.664. The van der Waals surface area contributed by atoms with Gasteiger partial charge in [-0.2, -0.15) is 0 Å². The molecule has 0 saturated heterocycles. The van der Waals surface area contributed by atoms with Gasteiger partial charge in [-0.05, 0) is 48.3 Å². The molecule has 1 N–H and O–H groups in total. The number of amides is 1. The Bertz CT molecular complexity index is 710. The van der Waals surface area contributed by atoms with Crippen LogP contribution in [0.25, 0.3) is 0 Å². The molecule has 4 nitrogen and oxygen atoms in total. The van der Waals surface area contributed by atoms with Crippen LogP contribution in [0, 0.1) is 0 Å². The van der Waals surface area contributed by atoms with Crippen LogP contribution in [-0.2, 0) is 11.2 Å². The molecule has 1 aliphatic carbocycles. The molecule has 1 amide bonds. The second kappa shape index (κ2) is 8.11. The van der Waals surface area contributed by atoms with E-state index in [9.17, 15) is 4.79 Å². The number of fused-ring (bicyclic) bond motifs is 1. The summed E-state index contributed by atoms with van der Waals surface area (Å²) in [4.78, 5) is 17.7. The van der Waals surface area contributed by atoms with E-state index in [1.807, 2.05) is 24.4 Å². The highest BCUT2D eigenvalue weighted by atomic mass is 32.1. The number of ether oxygens (including phenoxy) is 1. The minimum absolute atomic E-state index is 0.0467. The van der Waals surface area contributed by atoms with Crippen LogP contribution < -0.4 is 5.32 Å². The van der Waals surface area contributed by atoms with Crippen LogP contribution in [0.15, 0.2) is 46.8 Å². The molecular weight excluding hydrogens is 320 g/mol. The van der Waals surface area contributed by atoms with Gasteiger partial charge in [0.1, 0.15) is 0 Å². The Balaban J connectivity index is 1.80. The second-order valence-electron chi connectivity index (χ2n) is 5.82. The predicted octanol–water partition coefficient (Wildman–Crippen LogP) is 4.34. The van der Waals surface area contributed by atoms with Gasteiger partial charge in [-0.1, -0.05) is 37.3 Å². The van der Waals surface area contributed by atoms with Gasteiger partial charge in [0.2, 0.25) is 0 Å². The van der Waals surface area contributed by atoms with E-state index >= 15 is 0 Å². The highest BCUT2D eigenvalue weighted by Gasteiger charge is 2.21. The summed E-state index contributed by atoms with van der Waals surface area (Å²) in [6, 6.07) is 12.4. The summed E-state index contributed by atoms with van der Waals surface area (Å²) in [6.07, 6.45) is 4.04. The Labute approximate surface area is 146 Å². The van der Waals surface area contributed by atoms with Crippen LogP contribution in [0.4, 0.5) is 0 Å². The van der Waals surface area contributed by atoms with Gasteiger partial charge in [0, 0.05) is 0 Å². The molecule has 0 bridgehead atoms. The van der Waals surface area contributed by atoms with Crippen molar-refractivity contribution in [3.8, 4) is 0 Å². The van der Waals surface area contributed by atoms with E-state index in [2.05, 4.69) is 23.5 Å². The number of rotatable bonds is 4. The monoisotopic (exact) mass is 342 g/mol. The molecule has 1 aromatic heterocycles. The lowest BCUT2D eigenvalue weighted by atomic mass is 9.88. The number of hydrogen-bond donors (Lipinski definition) is 1. The molecule has 126 valence electrons. The summed E-state index contributed by atoms with van der Waals surface area (Å²) >= 11 is 1.41. The zero-order valence-corrected chi connectivity index (χ0v) is 14.6. The number of aryl methyl sites for hydroxylation is 1. The first kappa shape index (κ1) is 16.7. The van der Waals surface area contributed by atoms with Gasteiger partial charge in [0.15, 0.2) is 0 Å². The van der Waals surface area contributed by atoms with Gasteiger partial charge in [0.05, 0.1) is 17.5 Å². The maximum absolute atomic E-state index is 12.3. The van der Waals surface area contributed by atoms with Crippen LogP contribution in [0.1, 0.15) is 53.0 Å². The Morgan fingerprint density at radius 1 is 1.33 bits per heavy atom. The molecule has 0 aliphatic heterocycles. The number of nitrogens with zero attached hydrogens (tertiary/aromatic N) is 1. The van der Waals surface area contributed by atoms with Crippen LogP contribution in [0.2, 0.25) is 0 Å². The van der Waals surface area contributed by atoms with Crippen molar-refractivity contribution in [3.63, 3.8) is 0 Å². The molecule has 1 atom stereocenters. The SMILES string of the molecule is CCCOC(=N[C@H]1CCCc2ccccc21)NC(=O)c1cccs1. The predicted molar refractivity (Wildman–Crippen MR) is 97.6 cm³/mol. The largest absolute Gasteiger partial charge is 0.465 e. The third kappa shape index (κ3) is 4.03. The lowest BCUT2D eigenvalue weighted by molar-refractivity contribution is 0.0969. The average molecular weight is 342 g/mol. The Morgan fingerprint density at radius 3 is 3.00 bits per heavy atom. The number of hydrogen-bond acceptors (Lipinski definition) is 4. The summed E-state index contributed by atoms with van der Waals surface area (Å²) < 4.78 is 5.70. The molecule has 0 radical (unpaired) electrons. The van der Waals surface area contributed by atoms with E-state index in [0.29, 0.717) is 17.5 Å². The standard InChI is InChI=1S/C19H22N2O2S/c1-2-12-23-19(21-18(22)17-11-6-13-24-17)20-16-10-5-8-14-7-3-4-9-15(14)16/h3-4,6-7,9,11,13,16H,2,5,8,10,12H2,1H3,(H,20,21,22)/t16-/m0/s1. The molecular formula is C19H22N2O2S. The van der Waals surface area contributed by atoms with Gasteiger partial charge in [0.25, 0.3) is 11.9 Å². The van der Waals surface area contributed by atoms with Crippen molar-refractivity contribution < 1.29 is 9.53 Å². The van der Waals surface area contributed by atoms with Crippen LogP contribution >= 0.6 is 11.3 Å². The van der Waals surface area contributed by atoms with Crippen molar-refractivity contribution in [3.05, 3.63) is 57.8 Å². The first-order chi connectivity index (χ1) is 11.8. The van der Waals surface area contributed by atoms with E-state index in [0.717, 1.165) is 25.7 Å². The maximum Gasteiger partial charge on any atom is 0.292 e.